The lowest BCUT2D eigenvalue weighted by molar-refractivity contribution is 0.354. The number of hydrogen-bond donors (Lipinski definition) is 1. The third-order valence-electron chi connectivity index (χ3n) is 1.14. The van der Waals surface area contributed by atoms with E-state index in [-0.39, 0.29) is 6.61 Å². The van der Waals surface area contributed by atoms with Crippen molar-refractivity contribution < 1.29 is 4.74 Å². The smallest absolute Gasteiger partial charge is 0.219 e. The molecule has 0 unspecified atom stereocenters. The number of ether oxygens (including phenoxy) is 1. The second-order valence-electron chi connectivity index (χ2n) is 2.17. The predicted molar refractivity (Wildman–Crippen MR) is 45.5 cm³/mol. The fraction of sp³-hybridized carbons (Fsp3) is 0.250. The first kappa shape index (κ1) is 8.34. The van der Waals surface area contributed by atoms with Crippen molar-refractivity contribution in [2.45, 2.75) is 6.92 Å². The van der Waals surface area contributed by atoms with Gasteiger partial charge in [-0.15, -0.1) is 6.42 Å². The average Bonchev–Trinajstić information content (AvgIpc) is 1.99. The van der Waals surface area contributed by atoms with Gasteiger partial charge in [-0.2, -0.15) is 4.98 Å². The van der Waals surface area contributed by atoms with E-state index in [4.69, 9.17) is 16.9 Å². The summed E-state index contributed by atoms with van der Waals surface area (Å²) in [5.74, 6) is 3.70. The summed E-state index contributed by atoms with van der Waals surface area (Å²) >= 11 is 0. The summed E-state index contributed by atoms with van der Waals surface area (Å²) in [5, 5.41) is 0. The first-order valence-corrected chi connectivity index (χ1v) is 3.40. The van der Waals surface area contributed by atoms with E-state index in [1.165, 1.54) is 6.07 Å². The molecular formula is C8H9N3O. The highest BCUT2D eigenvalue weighted by molar-refractivity contribution is 5.32. The molecule has 4 heteroatoms. The molecule has 1 aromatic heterocycles. The molecule has 0 aromatic carbocycles. The highest BCUT2D eigenvalue weighted by Crippen LogP contribution is 2.09. The largest absolute Gasteiger partial charge is 0.464 e. The molecule has 0 aliphatic heterocycles. The minimum atomic E-state index is 0.190. The van der Waals surface area contributed by atoms with Crippen molar-refractivity contribution in [1.29, 1.82) is 0 Å². The van der Waals surface area contributed by atoms with Gasteiger partial charge in [0.1, 0.15) is 11.6 Å². The SMILES string of the molecule is C#CCOc1cc(N)nc(C)n1. The highest BCUT2D eigenvalue weighted by atomic mass is 16.5. The zero-order chi connectivity index (χ0) is 8.97. The molecule has 62 valence electrons. The van der Waals surface area contributed by atoms with E-state index < -0.39 is 0 Å². The second-order valence-corrected chi connectivity index (χ2v) is 2.17. The van der Waals surface area contributed by atoms with Crippen LogP contribution in [-0.4, -0.2) is 16.6 Å². The van der Waals surface area contributed by atoms with Crippen LogP contribution < -0.4 is 10.5 Å². The Morgan fingerprint density at radius 1 is 1.67 bits per heavy atom. The summed E-state index contributed by atoms with van der Waals surface area (Å²) in [6.45, 7) is 1.93. The van der Waals surface area contributed by atoms with Crippen molar-refractivity contribution >= 4 is 5.82 Å². The molecule has 4 nitrogen and oxygen atoms in total. The van der Waals surface area contributed by atoms with E-state index in [9.17, 15) is 0 Å². The monoisotopic (exact) mass is 163 g/mol. The van der Waals surface area contributed by atoms with Gasteiger partial charge in [-0.3, -0.25) is 0 Å². The summed E-state index contributed by atoms with van der Waals surface area (Å²) in [7, 11) is 0. The molecule has 2 N–H and O–H groups in total. The minimum Gasteiger partial charge on any atom is -0.464 e. The van der Waals surface area contributed by atoms with Gasteiger partial charge in [0.05, 0.1) is 0 Å². The summed E-state index contributed by atoms with van der Waals surface area (Å²) in [6.07, 6.45) is 5.00. The van der Waals surface area contributed by atoms with Crippen molar-refractivity contribution in [1.82, 2.24) is 9.97 Å². The fourth-order valence-corrected chi connectivity index (χ4v) is 0.752. The van der Waals surface area contributed by atoms with Crippen LogP contribution in [0.15, 0.2) is 6.07 Å². The third-order valence-corrected chi connectivity index (χ3v) is 1.14. The van der Waals surface area contributed by atoms with Crippen LogP contribution in [0.5, 0.6) is 5.88 Å². The summed E-state index contributed by atoms with van der Waals surface area (Å²) < 4.78 is 5.05. The molecule has 0 radical (unpaired) electrons. The van der Waals surface area contributed by atoms with Crippen LogP contribution in [-0.2, 0) is 0 Å². The van der Waals surface area contributed by atoms with Gasteiger partial charge in [0.2, 0.25) is 5.88 Å². The number of nitrogen functional groups attached to an aromatic ring is 1. The number of nitrogens with zero attached hydrogens (tertiary/aromatic N) is 2. The van der Waals surface area contributed by atoms with Crippen molar-refractivity contribution in [2.75, 3.05) is 12.3 Å². The Hall–Kier alpha value is -1.76. The van der Waals surface area contributed by atoms with Crippen molar-refractivity contribution in [3.63, 3.8) is 0 Å². The zero-order valence-corrected chi connectivity index (χ0v) is 6.74. The van der Waals surface area contributed by atoms with E-state index in [1.807, 2.05) is 0 Å². The van der Waals surface area contributed by atoms with Crippen LogP contribution in [0.1, 0.15) is 5.82 Å². The summed E-state index contributed by atoms with van der Waals surface area (Å²) in [6, 6.07) is 1.53. The number of rotatable bonds is 2. The Morgan fingerprint density at radius 2 is 2.42 bits per heavy atom. The van der Waals surface area contributed by atoms with Gasteiger partial charge in [-0.1, -0.05) is 5.92 Å². The van der Waals surface area contributed by atoms with Gasteiger partial charge in [-0.05, 0) is 6.92 Å². The molecule has 0 saturated carbocycles. The number of anilines is 1. The van der Waals surface area contributed by atoms with Gasteiger partial charge >= 0.3 is 0 Å². The van der Waals surface area contributed by atoms with Crippen LogP contribution >= 0.6 is 0 Å². The van der Waals surface area contributed by atoms with Crippen LogP contribution in [0, 0.1) is 19.3 Å². The Balaban J connectivity index is 2.80. The second kappa shape index (κ2) is 3.58. The molecule has 0 saturated heterocycles. The minimum absolute atomic E-state index is 0.190. The van der Waals surface area contributed by atoms with Gasteiger partial charge in [0.25, 0.3) is 0 Å². The molecule has 1 heterocycles. The molecule has 0 atom stereocenters. The Labute approximate surface area is 70.8 Å². The van der Waals surface area contributed by atoms with E-state index in [0.717, 1.165) is 0 Å². The van der Waals surface area contributed by atoms with Gasteiger partial charge < -0.3 is 10.5 Å². The molecule has 0 amide bonds. The first-order chi connectivity index (χ1) is 5.72. The van der Waals surface area contributed by atoms with Gasteiger partial charge in [0, 0.05) is 6.07 Å². The topological polar surface area (TPSA) is 61.0 Å². The lowest BCUT2D eigenvalue weighted by atomic mass is 10.5. The number of hydrogen-bond acceptors (Lipinski definition) is 4. The summed E-state index contributed by atoms with van der Waals surface area (Å²) in [4.78, 5) is 7.84. The van der Waals surface area contributed by atoms with Crippen LogP contribution in [0.2, 0.25) is 0 Å². The van der Waals surface area contributed by atoms with Gasteiger partial charge in [0.15, 0.2) is 6.61 Å². The lowest BCUT2D eigenvalue weighted by Crippen LogP contribution is -2.01. The van der Waals surface area contributed by atoms with Crippen molar-refractivity contribution in [2.24, 2.45) is 0 Å². The predicted octanol–water partition coefficient (Wildman–Crippen LogP) is 0.379. The number of aryl methyl sites for hydroxylation is 1. The summed E-state index contributed by atoms with van der Waals surface area (Å²) in [5.41, 5.74) is 5.45. The molecule has 0 fully saturated rings. The fourth-order valence-electron chi connectivity index (χ4n) is 0.752. The maximum Gasteiger partial charge on any atom is 0.219 e. The quantitative estimate of drug-likeness (QED) is 0.640. The van der Waals surface area contributed by atoms with E-state index in [2.05, 4.69) is 15.9 Å². The Bertz CT molecular complexity index is 296. The molecule has 0 spiro atoms. The standard InChI is InChI=1S/C8H9N3O/c1-3-4-12-8-5-7(9)10-6(2)11-8/h1,5H,4H2,2H3,(H2,9,10,11). The van der Waals surface area contributed by atoms with E-state index in [0.29, 0.717) is 17.5 Å². The number of nitrogens with two attached hydrogens (primary N) is 1. The van der Waals surface area contributed by atoms with Crippen molar-refractivity contribution in [3.05, 3.63) is 11.9 Å². The van der Waals surface area contributed by atoms with E-state index in [1.54, 1.807) is 6.92 Å². The molecular weight excluding hydrogens is 154 g/mol. The normalized spacial score (nSPS) is 9.00. The molecule has 12 heavy (non-hydrogen) atoms. The van der Waals surface area contributed by atoms with Crippen molar-refractivity contribution in [3.8, 4) is 18.2 Å². The molecule has 0 aliphatic rings. The number of aromatic nitrogens is 2. The molecule has 1 aromatic rings. The van der Waals surface area contributed by atoms with Crippen LogP contribution in [0.3, 0.4) is 0 Å². The lowest BCUT2D eigenvalue weighted by Gasteiger charge is -2.02. The maximum atomic E-state index is 5.45. The highest BCUT2D eigenvalue weighted by Gasteiger charge is 1.98. The first-order valence-electron chi connectivity index (χ1n) is 3.40. The maximum absolute atomic E-state index is 5.45. The Morgan fingerprint density at radius 3 is 3.00 bits per heavy atom. The molecule has 1 rings (SSSR count). The average molecular weight is 163 g/mol. The Kier molecular flexibility index (Phi) is 2.49. The number of terminal acetylenes is 1. The molecule has 0 bridgehead atoms. The zero-order valence-electron chi connectivity index (χ0n) is 6.74. The van der Waals surface area contributed by atoms with E-state index >= 15 is 0 Å². The third kappa shape index (κ3) is 2.13. The van der Waals surface area contributed by atoms with Crippen LogP contribution in [0.4, 0.5) is 5.82 Å². The molecule has 0 aliphatic carbocycles. The van der Waals surface area contributed by atoms with Crippen LogP contribution in [0.25, 0.3) is 0 Å². The van der Waals surface area contributed by atoms with Gasteiger partial charge in [-0.25, -0.2) is 4.98 Å².